The summed E-state index contributed by atoms with van der Waals surface area (Å²) >= 11 is 0. The molecular formula is C14H27N3O. The lowest BCUT2D eigenvalue weighted by Crippen LogP contribution is -2.46. The molecule has 0 bridgehead atoms. The van der Waals surface area contributed by atoms with E-state index >= 15 is 0 Å². The Balaban J connectivity index is 1.65. The van der Waals surface area contributed by atoms with Gasteiger partial charge in [-0.1, -0.05) is 0 Å². The number of hydrogen-bond acceptors (Lipinski definition) is 3. The molecule has 2 aliphatic rings. The summed E-state index contributed by atoms with van der Waals surface area (Å²) in [5, 5.41) is 3.04. The van der Waals surface area contributed by atoms with Crippen molar-refractivity contribution in [2.75, 3.05) is 39.8 Å². The first kappa shape index (κ1) is 13.8. The van der Waals surface area contributed by atoms with Crippen LogP contribution in [0.4, 0.5) is 0 Å². The smallest absolute Gasteiger partial charge is 0.217 e. The van der Waals surface area contributed by atoms with Crippen molar-refractivity contribution in [3.63, 3.8) is 0 Å². The second kappa shape index (κ2) is 6.53. The van der Waals surface area contributed by atoms with Gasteiger partial charge in [0.1, 0.15) is 0 Å². The second-order valence-electron chi connectivity index (χ2n) is 6.02. The van der Waals surface area contributed by atoms with Crippen LogP contribution in [0.3, 0.4) is 0 Å². The number of carbonyl (C=O) groups excluding carboxylic acids is 1. The Labute approximate surface area is 111 Å². The number of nitrogens with one attached hydrogen (secondary N) is 1. The molecule has 1 amide bonds. The number of likely N-dealkylation sites (tertiary alicyclic amines) is 2. The summed E-state index contributed by atoms with van der Waals surface area (Å²) in [6, 6.07) is 0.413. The first-order chi connectivity index (χ1) is 8.63. The average molecular weight is 253 g/mol. The summed E-state index contributed by atoms with van der Waals surface area (Å²) in [7, 11) is 2.22. The molecule has 18 heavy (non-hydrogen) atoms. The molecule has 2 aliphatic heterocycles. The van der Waals surface area contributed by atoms with E-state index in [0.29, 0.717) is 6.04 Å². The van der Waals surface area contributed by atoms with E-state index in [4.69, 9.17) is 0 Å². The number of rotatable bonds is 3. The van der Waals surface area contributed by atoms with Crippen LogP contribution in [0.5, 0.6) is 0 Å². The van der Waals surface area contributed by atoms with Crippen LogP contribution in [-0.2, 0) is 4.79 Å². The van der Waals surface area contributed by atoms with E-state index in [1.165, 1.54) is 32.5 Å². The van der Waals surface area contributed by atoms with E-state index < -0.39 is 0 Å². The Hall–Kier alpha value is -0.610. The van der Waals surface area contributed by atoms with Crippen LogP contribution in [0.15, 0.2) is 0 Å². The normalized spacial score (nSPS) is 25.2. The van der Waals surface area contributed by atoms with E-state index in [0.717, 1.165) is 31.8 Å². The molecule has 4 heteroatoms. The molecule has 0 aliphatic carbocycles. The number of nitrogens with zero attached hydrogens (tertiary/aromatic N) is 2. The van der Waals surface area contributed by atoms with E-state index in [9.17, 15) is 4.79 Å². The van der Waals surface area contributed by atoms with E-state index in [1.807, 2.05) is 0 Å². The summed E-state index contributed by atoms with van der Waals surface area (Å²) in [5.41, 5.74) is 0. The third kappa shape index (κ3) is 4.25. The lowest BCUT2D eigenvalue weighted by molar-refractivity contribution is -0.120. The molecule has 0 unspecified atom stereocenters. The molecule has 0 spiro atoms. The van der Waals surface area contributed by atoms with Gasteiger partial charge in [0, 0.05) is 32.6 Å². The summed E-state index contributed by atoms with van der Waals surface area (Å²) in [6.07, 6.45) is 4.93. The predicted octanol–water partition coefficient (Wildman–Crippen LogP) is 0.929. The maximum absolute atomic E-state index is 11.0. The maximum Gasteiger partial charge on any atom is 0.217 e. The van der Waals surface area contributed by atoms with Gasteiger partial charge in [-0.05, 0) is 51.7 Å². The van der Waals surface area contributed by atoms with Crippen molar-refractivity contribution in [2.45, 2.75) is 38.6 Å². The van der Waals surface area contributed by atoms with Gasteiger partial charge in [0.2, 0.25) is 5.91 Å². The Kier molecular flexibility index (Phi) is 5.01. The van der Waals surface area contributed by atoms with Crippen molar-refractivity contribution < 1.29 is 4.79 Å². The molecule has 2 fully saturated rings. The van der Waals surface area contributed by atoms with Crippen molar-refractivity contribution >= 4 is 5.91 Å². The number of piperidine rings is 2. The van der Waals surface area contributed by atoms with Gasteiger partial charge in [-0.25, -0.2) is 0 Å². The number of hydrogen-bond donors (Lipinski definition) is 1. The van der Waals surface area contributed by atoms with E-state index in [1.54, 1.807) is 6.92 Å². The highest BCUT2D eigenvalue weighted by Gasteiger charge is 2.23. The Morgan fingerprint density at radius 3 is 2.28 bits per heavy atom. The van der Waals surface area contributed by atoms with Crippen LogP contribution >= 0.6 is 0 Å². The highest BCUT2D eigenvalue weighted by Crippen LogP contribution is 2.19. The van der Waals surface area contributed by atoms with Gasteiger partial charge < -0.3 is 15.1 Å². The Bertz CT molecular complexity index is 266. The van der Waals surface area contributed by atoms with Crippen molar-refractivity contribution in [2.24, 2.45) is 5.92 Å². The first-order valence-electron chi connectivity index (χ1n) is 7.31. The largest absolute Gasteiger partial charge is 0.354 e. The SMILES string of the molecule is CC(=O)NC1CCN(CC2CCN(C)CC2)CC1. The fourth-order valence-electron chi connectivity index (χ4n) is 3.16. The van der Waals surface area contributed by atoms with E-state index in [2.05, 4.69) is 22.2 Å². The van der Waals surface area contributed by atoms with Gasteiger partial charge in [-0.15, -0.1) is 0 Å². The fourth-order valence-corrected chi connectivity index (χ4v) is 3.16. The molecule has 2 heterocycles. The standard InChI is InChI=1S/C14H27N3O/c1-12(18)15-14-5-9-17(10-6-14)11-13-3-7-16(2)8-4-13/h13-14H,3-11H2,1-2H3,(H,15,18). The summed E-state index contributed by atoms with van der Waals surface area (Å²) in [4.78, 5) is 16.0. The zero-order valence-electron chi connectivity index (χ0n) is 11.8. The van der Waals surface area contributed by atoms with Crippen molar-refractivity contribution in [1.82, 2.24) is 15.1 Å². The highest BCUT2D eigenvalue weighted by molar-refractivity contribution is 5.73. The molecule has 0 saturated carbocycles. The Morgan fingerprint density at radius 2 is 1.72 bits per heavy atom. The molecule has 4 nitrogen and oxygen atoms in total. The molecule has 0 radical (unpaired) electrons. The average Bonchev–Trinajstić information content (AvgIpc) is 2.34. The highest BCUT2D eigenvalue weighted by atomic mass is 16.1. The summed E-state index contributed by atoms with van der Waals surface area (Å²) in [5.74, 6) is 1.00. The molecule has 0 aromatic rings. The van der Waals surface area contributed by atoms with Crippen LogP contribution < -0.4 is 5.32 Å². The molecule has 1 N–H and O–H groups in total. The van der Waals surface area contributed by atoms with Crippen LogP contribution in [0, 0.1) is 5.92 Å². The lowest BCUT2D eigenvalue weighted by atomic mass is 9.95. The monoisotopic (exact) mass is 253 g/mol. The molecule has 0 aromatic carbocycles. The Morgan fingerprint density at radius 1 is 1.11 bits per heavy atom. The van der Waals surface area contributed by atoms with Gasteiger partial charge in [-0.2, -0.15) is 0 Å². The summed E-state index contributed by atoms with van der Waals surface area (Å²) in [6.45, 7) is 7.69. The first-order valence-corrected chi connectivity index (χ1v) is 7.31. The van der Waals surface area contributed by atoms with Crippen LogP contribution in [-0.4, -0.2) is 61.5 Å². The van der Waals surface area contributed by atoms with Crippen LogP contribution in [0.1, 0.15) is 32.6 Å². The van der Waals surface area contributed by atoms with Crippen molar-refractivity contribution in [3.05, 3.63) is 0 Å². The molecule has 104 valence electrons. The fraction of sp³-hybridized carbons (Fsp3) is 0.929. The predicted molar refractivity (Wildman–Crippen MR) is 73.5 cm³/mol. The molecule has 0 atom stereocenters. The van der Waals surface area contributed by atoms with Gasteiger partial charge >= 0.3 is 0 Å². The third-order valence-corrected chi connectivity index (χ3v) is 4.35. The number of carbonyl (C=O) groups is 1. The topological polar surface area (TPSA) is 35.6 Å². The third-order valence-electron chi connectivity index (χ3n) is 4.35. The van der Waals surface area contributed by atoms with Gasteiger partial charge in [0.25, 0.3) is 0 Å². The minimum Gasteiger partial charge on any atom is -0.354 e. The zero-order valence-corrected chi connectivity index (χ0v) is 11.8. The zero-order chi connectivity index (χ0) is 13.0. The van der Waals surface area contributed by atoms with Crippen molar-refractivity contribution in [1.29, 1.82) is 0 Å². The minimum atomic E-state index is 0.115. The molecular weight excluding hydrogens is 226 g/mol. The lowest BCUT2D eigenvalue weighted by Gasteiger charge is -2.36. The second-order valence-corrected chi connectivity index (χ2v) is 6.02. The minimum absolute atomic E-state index is 0.115. The van der Waals surface area contributed by atoms with Crippen molar-refractivity contribution in [3.8, 4) is 0 Å². The maximum atomic E-state index is 11.0. The quantitative estimate of drug-likeness (QED) is 0.813. The van der Waals surface area contributed by atoms with Crippen LogP contribution in [0.25, 0.3) is 0 Å². The molecule has 2 rings (SSSR count). The summed E-state index contributed by atoms with van der Waals surface area (Å²) < 4.78 is 0. The molecule has 0 aromatic heterocycles. The van der Waals surface area contributed by atoms with Crippen LogP contribution in [0.2, 0.25) is 0 Å². The van der Waals surface area contributed by atoms with Gasteiger partial charge in [-0.3, -0.25) is 4.79 Å². The molecule has 2 saturated heterocycles. The van der Waals surface area contributed by atoms with E-state index in [-0.39, 0.29) is 5.91 Å². The van der Waals surface area contributed by atoms with Gasteiger partial charge in [0.05, 0.1) is 0 Å². The van der Waals surface area contributed by atoms with Gasteiger partial charge in [0.15, 0.2) is 0 Å². The number of amides is 1.